The van der Waals surface area contributed by atoms with Crippen molar-refractivity contribution in [2.75, 3.05) is 0 Å². The molecule has 0 unspecified atom stereocenters. The lowest BCUT2D eigenvalue weighted by molar-refractivity contribution is 0.0863. The predicted molar refractivity (Wildman–Crippen MR) is 76.5 cm³/mol. The van der Waals surface area contributed by atoms with Gasteiger partial charge in [0.2, 0.25) is 0 Å². The van der Waals surface area contributed by atoms with Gasteiger partial charge in [-0.05, 0) is 24.3 Å². The number of carbonyl (C=O) groups excluding carboxylic acids is 4. The summed E-state index contributed by atoms with van der Waals surface area (Å²) in [6, 6.07) is 13.5. The average molecular weight is 294 g/mol. The molecule has 0 aromatic heterocycles. The SMILES string of the molecule is O=C1NC(=O)c2ccccc21.O=C1NC(=O)c2ccccc21. The lowest BCUT2D eigenvalue weighted by Crippen LogP contribution is -2.19. The highest BCUT2D eigenvalue weighted by Gasteiger charge is 2.25. The van der Waals surface area contributed by atoms with Crippen LogP contribution in [-0.4, -0.2) is 23.6 Å². The van der Waals surface area contributed by atoms with E-state index in [-0.39, 0.29) is 23.6 Å². The smallest absolute Gasteiger partial charge is 0.258 e. The average Bonchev–Trinajstić information content (AvgIpc) is 2.99. The fourth-order valence-electron chi connectivity index (χ4n) is 2.23. The van der Waals surface area contributed by atoms with E-state index in [1.165, 1.54) is 0 Å². The maximum absolute atomic E-state index is 10.9. The van der Waals surface area contributed by atoms with Crippen LogP contribution in [0.3, 0.4) is 0 Å². The Morgan fingerprint density at radius 1 is 0.455 bits per heavy atom. The zero-order valence-electron chi connectivity index (χ0n) is 11.3. The van der Waals surface area contributed by atoms with E-state index in [0.29, 0.717) is 22.3 Å². The minimum atomic E-state index is -0.300. The van der Waals surface area contributed by atoms with Crippen LogP contribution in [0.2, 0.25) is 0 Å². The highest BCUT2D eigenvalue weighted by atomic mass is 16.2. The van der Waals surface area contributed by atoms with E-state index in [0.717, 1.165) is 0 Å². The molecule has 2 heterocycles. The molecule has 0 atom stereocenters. The molecule has 6 heteroatoms. The van der Waals surface area contributed by atoms with Crippen molar-refractivity contribution in [3.8, 4) is 0 Å². The second kappa shape index (κ2) is 5.25. The van der Waals surface area contributed by atoms with Crippen molar-refractivity contribution in [3.05, 3.63) is 70.8 Å². The number of hydrogen-bond acceptors (Lipinski definition) is 4. The van der Waals surface area contributed by atoms with Gasteiger partial charge in [-0.25, -0.2) is 0 Å². The summed E-state index contributed by atoms with van der Waals surface area (Å²) in [6.07, 6.45) is 0. The molecular weight excluding hydrogens is 284 g/mol. The van der Waals surface area contributed by atoms with Gasteiger partial charge in [-0.15, -0.1) is 0 Å². The zero-order chi connectivity index (χ0) is 15.7. The number of fused-ring (bicyclic) bond motifs is 2. The van der Waals surface area contributed by atoms with E-state index in [1.807, 2.05) is 0 Å². The fourth-order valence-corrected chi connectivity index (χ4v) is 2.23. The van der Waals surface area contributed by atoms with Gasteiger partial charge in [0.25, 0.3) is 23.6 Å². The molecule has 2 aromatic rings. The van der Waals surface area contributed by atoms with Crippen LogP contribution < -0.4 is 10.6 Å². The third-order valence-electron chi connectivity index (χ3n) is 3.29. The summed E-state index contributed by atoms with van der Waals surface area (Å²) >= 11 is 0. The summed E-state index contributed by atoms with van der Waals surface area (Å²) in [5.41, 5.74) is 1.88. The molecule has 0 aliphatic carbocycles. The monoisotopic (exact) mass is 294 g/mol. The van der Waals surface area contributed by atoms with E-state index in [4.69, 9.17) is 0 Å². The van der Waals surface area contributed by atoms with E-state index in [9.17, 15) is 19.2 Å². The van der Waals surface area contributed by atoms with Crippen LogP contribution in [0.5, 0.6) is 0 Å². The number of nitrogens with one attached hydrogen (secondary N) is 2. The van der Waals surface area contributed by atoms with Crippen LogP contribution in [0, 0.1) is 0 Å². The van der Waals surface area contributed by atoms with Crippen LogP contribution in [0.25, 0.3) is 0 Å². The van der Waals surface area contributed by atoms with E-state index in [2.05, 4.69) is 10.6 Å². The first-order valence-corrected chi connectivity index (χ1v) is 6.47. The summed E-state index contributed by atoms with van der Waals surface area (Å²) in [5.74, 6) is -1.20. The molecule has 4 amide bonds. The largest absolute Gasteiger partial charge is 0.288 e. The van der Waals surface area contributed by atoms with Crippen LogP contribution in [0.4, 0.5) is 0 Å². The number of carbonyl (C=O) groups is 4. The molecule has 2 aliphatic rings. The van der Waals surface area contributed by atoms with E-state index in [1.54, 1.807) is 48.5 Å². The number of benzene rings is 2. The van der Waals surface area contributed by atoms with Crippen molar-refractivity contribution >= 4 is 23.6 Å². The minimum Gasteiger partial charge on any atom is -0.288 e. The summed E-state index contributed by atoms with van der Waals surface area (Å²) in [5, 5.41) is 4.41. The normalized spacial score (nSPS) is 14.5. The summed E-state index contributed by atoms with van der Waals surface area (Å²) < 4.78 is 0. The molecule has 0 spiro atoms. The summed E-state index contributed by atoms with van der Waals surface area (Å²) in [6.45, 7) is 0. The summed E-state index contributed by atoms with van der Waals surface area (Å²) in [4.78, 5) is 43.8. The molecule has 0 fully saturated rings. The third kappa shape index (κ3) is 2.26. The lowest BCUT2D eigenvalue weighted by Gasteiger charge is -1.88. The molecular formula is C16H10N2O4. The molecule has 0 saturated carbocycles. The Morgan fingerprint density at radius 3 is 0.909 bits per heavy atom. The Labute approximate surface area is 125 Å². The Bertz CT molecular complexity index is 691. The fraction of sp³-hybridized carbons (Fsp3) is 0. The second-order valence-electron chi connectivity index (χ2n) is 4.66. The molecule has 4 rings (SSSR count). The second-order valence-corrected chi connectivity index (χ2v) is 4.66. The van der Waals surface area contributed by atoms with Crippen molar-refractivity contribution in [2.45, 2.75) is 0 Å². The molecule has 0 bridgehead atoms. The van der Waals surface area contributed by atoms with Gasteiger partial charge in [-0.2, -0.15) is 0 Å². The van der Waals surface area contributed by atoms with Crippen molar-refractivity contribution in [1.82, 2.24) is 10.6 Å². The van der Waals surface area contributed by atoms with Crippen molar-refractivity contribution in [1.29, 1.82) is 0 Å². The Hall–Kier alpha value is -3.28. The van der Waals surface area contributed by atoms with Gasteiger partial charge in [0, 0.05) is 0 Å². The molecule has 2 aromatic carbocycles. The van der Waals surface area contributed by atoms with Crippen LogP contribution >= 0.6 is 0 Å². The Balaban J connectivity index is 0.000000131. The van der Waals surface area contributed by atoms with Crippen LogP contribution in [0.1, 0.15) is 41.4 Å². The van der Waals surface area contributed by atoms with Crippen molar-refractivity contribution in [3.63, 3.8) is 0 Å². The molecule has 22 heavy (non-hydrogen) atoms. The topological polar surface area (TPSA) is 92.3 Å². The Kier molecular flexibility index (Phi) is 3.27. The predicted octanol–water partition coefficient (Wildman–Crippen LogP) is 1.14. The standard InChI is InChI=1S/2C8H5NO2/c2*10-7-5-3-1-2-4-6(5)8(11)9-7/h2*1-4H,(H,9,10,11). The highest BCUT2D eigenvalue weighted by Crippen LogP contribution is 2.14. The van der Waals surface area contributed by atoms with Crippen molar-refractivity contribution < 1.29 is 19.2 Å². The number of rotatable bonds is 0. The van der Waals surface area contributed by atoms with Gasteiger partial charge in [-0.1, -0.05) is 24.3 Å². The molecule has 0 saturated heterocycles. The van der Waals surface area contributed by atoms with Gasteiger partial charge in [0.1, 0.15) is 0 Å². The molecule has 0 radical (unpaired) electrons. The first-order chi connectivity index (χ1) is 10.6. The number of hydrogen-bond donors (Lipinski definition) is 2. The quantitative estimate of drug-likeness (QED) is 0.713. The zero-order valence-corrected chi connectivity index (χ0v) is 11.3. The molecule has 2 N–H and O–H groups in total. The number of amides is 4. The van der Waals surface area contributed by atoms with Crippen LogP contribution in [-0.2, 0) is 0 Å². The minimum absolute atomic E-state index is 0.300. The van der Waals surface area contributed by atoms with Gasteiger partial charge in [0.05, 0.1) is 22.3 Å². The lowest BCUT2D eigenvalue weighted by atomic mass is 10.1. The molecule has 108 valence electrons. The third-order valence-corrected chi connectivity index (χ3v) is 3.29. The van der Waals surface area contributed by atoms with Gasteiger partial charge >= 0.3 is 0 Å². The Morgan fingerprint density at radius 2 is 0.682 bits per heavy atom. The maximum Gasteiger partial charge on any atom is 0.258 e. The first kappa shape index (κ1) is 13.7. The van der Waals surface area contributed by atoms with Crippen LogP contribution in [0.15, 0.2) is 48.5 Å². The van der Waals surface area contributed by atoms with Crippen molar-refractivity contribution in [2.24, 2.45) is 0 Å². The molecule has 2 aliphatic heterocycles. The van der Waals surface area contributed by atoms with E-state index >= 15 is 0 Å². The van der Waals surface area contributed by atoms with Gasteiger partial charge in [0.15, 0.2) is 0 Å². The van der Waals surface area contributed by atoms with Gasteiger partial charge in [-0.3, -0.25) is 29.8 Å². The number of imide groups is 2. The molecule has 6 nitrogen and oxygen atoms in total. The highest BCUT2D eigenvalue weighted by molar-refractivity contribution is 6.22. The summed E-state index contributed by atoms with van der Waals surface area (Å²) in [7, 11) is 0. The first-order valence-electron chi connectivity index (χ1n) is 6.47. The van der Waals surface area contributed by atoms with Gasteiger partial charge < -0.3 is 0 Å². The van der Waals surface area contributed by atoms with E-state index < -0.39 is 0 Å². The maximum atomic E-state index is 10.9.